The number of benzene rings is 1. The number of rotatable bonds is 5. The van der Waals surface area contributed by atoms with Gasteiger partial charge in [0.1, 0.15) is 10.9 Å². The van der Waals surface area contributed by atoms with Crippen molar-refractivity contribution >= 4 is 29.1 Å². The third kappa shape index (κ3) is 4.77. The molecule has 122 valence electrons. The number of halogens is 4. The maximum atomic E-state index is 12.1. The summed E-state index contributed by atoms with van der Waals surface area (Å²) in [4.78, 5) is 15.9. The first kappa shape index (κ1) is 17.4. The molecule has 2 rings (SSSR count). The number of hydrogen-bond donors (Lipinski definition) is 1. The van der Waals surface area contributed by atoms with Crippen molar-refractivity contribution in [2.45, 2.75) is 19.6 Å². The molecule has 23 heavy (non-hydrogen) atoms. The molecule has 1 heterocycles. The van der Waals surface area contributed by atoms with Crippen molar-refractivity contribution in [3.63, 3.8) is 0 Å². The van der Waals surface area contributed by atoms with Gasteiger partial charge < -0.3 is 10.1 Å². The summed E-state index contributed by atoms with van der Waals surface area (Å²) in [7, 11) is 0. The molecule has 8 heteroatoms. The molecular formula is C15H12Cl2F2N2O2. The summed E-state index contributed by atoms with van der Waals surface area (Å²) in [5.74, 6) is -0.326. The SMILES string of the molecule is CC(NC(=O)c1cnc(Cl)c(Cl)c1)c1ccc(OC(F)F)cc1. The lowest BCUT2D eigenvalue weighted by Gasteiger charge is -2.15. The van der Waals surface area contributed by atoms with Crippen LogP contribution in [0.15, 0.2) is 36.5 Å². The number of ether oxygens (including phenoxy) is 1. The number of nitrogens with zero attached hydrogens (tertiary/aromatic N) is 1. The number of alkyl halides is 2. The van der Waals surface area contributed by atoms with Gasteiger partial charge in [-0.05, 0) is 30.7 Å². The Balaban J connectivity index is 2.04. The molecule has 0 bridgehead atoms. The van der Waals surface area contributed by atoms with Crippen LogP contribution in [0.2, 0.25) is 10.2 Å². The molecule has 0 fully saturated rings. The smallest absolute Gasteiger partial charge is 0.387 e. The Bertz CT molecular complexity index is 696. The molecule has 2 aromatic rings. The van der Waals surface area contributed by atoms with Crippen molar-refractivity contribution in [1.29, 1.82) is 0 Å². The van der Waals surface area contributed by atoms with Gasteiger partial charge in [0.05, 0.1) is 16.6 Å². The number of aromatic nitrogens is 1. The van der Waals surface area contributed by atoms with Gasteiger partial charge in [-0.1, -0.05) is 35.3 Å². The zero-order valence-corrected chi connectivity index (χ0v) is 13.4. The lowest BCUT2D eigenvalue weighted by atomic mass is 10.1. The Labute approximate surface area is 141 Å². The van der Waals surface area contributed by atoms with Crippen LogP contribution in [0.25, 0.3) is 0 Å². The topological polar surface area (TPSA) is 51.2 Å². The Morgan fingerprint density at radius 1 is 1.26 bits per heavy atom. The van der Waals surface area contributed by atoms with Gasteiger partial charge in [-0.15, -0.1) is 0 Å². The molecular weight excluding hydrogens is 349 g/mol. The normalized spacial score (nSPS) is 12.1. The first-order valence-electron chi connectivity index (χ1n) is 6.53. The van der Waals surface area contributed by atoms with E-state index < -0.39 is 6.61 Å². The Morgan fingerprint density at radius 2 is 1.91 bits per heavy atom. The van der Waals surface area contributed by atoms with Gasteiger partial charge in [-0.25, -0.2) is 4.98 Å². The molecule has 4 nitrogen and oxygen atoms in total. The molecule has 0 aliphatic carbocycles. The molecule has 1 aromatic heterocycles. The highest BCUT2D eigenvalue weighted by molar-refractivity contribution is 6.41. The number of carbonyl (C=O) groups excluding carboxylic acids is 1. The van der Waals surface area contributed by atoms with Crippen LogP contribution in [-0.2, 0) is 0 Å². The monoisotopic (exact) mass is 360 g/mol. The maximum Gasteiger partial charge on any atom is 0.387 e. The molecule has 1 unspecified atom stereocenters. The summed E-state index contributed by atoms with van der Waals surface area (Å²) in [5.41, 5.74) is 0.997. The van der Waals surface area contributed by atoms with E-state index in [1.165, 1.54) is 24.4 Å². The molecule has 1 aromatic carbocycles. The Morgan fingerprint density at radius 3 is 2.48 bits per heavy atom. The van der Waals surface area contributed by atoms with E-state index in [4.69, 9.17) is 23.2 Å². The summed E-state index contributed by atoms with van der Waals surface area (Å²) in [6.45, 7) is -1.12. The fourth-order valence-electron chi connectivity index (χ4n) is 1.85. The third-order valence-corrected chi connectivity index (χ3v) is 3.70. The number of hydrogen-bond acceptors (Lipinski definition) is 3. The van der Waals surface area contributed by atoms with Crippen molar-refractivity contribution in [2.75, 3.05) is 0 Å². The quantitative estimate of drug-likeness (QED) is 0.799. The number of pyridine rings is 1. The molecule has 0 radical (unpaired) electrons. The fourth-order valence-corrected chi connectivity index (χ4v) is 2.12. The average molecular weight is 361 g/mol. The zero-order chi connectivity index (χ0) is 17.0. The van der Waals surface area contributed by atoms with E-state index in [-0.39, 0.29) is 33.4 Å². The number of carbonyl (C=O) groups is 1. The Hall–Kier alpha value is -1.92. The third-order valence-electron chi connectivity index (χ3n) is 3.01. The van der Waals surface area contributed by atoms with Gasteiger partial charge in [0, 0.05) is 6.20 Å². The summed E-state index contributed by atoms with van der Waals surface area (Å²) < 4.78 is 28.5. The molecule has 0 saturated heterocycles. The number of nitrogens with one attached hydrogen (secondary N) is 1. The van der Waals surface area contributed by atoms with Crippen LogP contribution in [0.5, 0.6) is 5.75 Å². The van der Waals surface area contributed by atoms with Crippen molar-refractivity contribution in [2.24, 2.45) is 0 Å². The van der Waals surface area contributed by atoms with Gasteiger partial charge in [-0.2, -0.15) is 8.78 Å². The van der Waals surface area contributed by atoms with Crippen LogP contribution in [0.1, 0.15) is 28.9 Å². The van der Waals surface area contributed by atoms with Crippen LogP contribution in [0.4, 0.5) is 8.78 Å². The van der Waals surface area contributed by atoms with Crippen LogP contribution in [-0.4, -0.2) is 17.5 Å². The van der Waals surface area contributed by atoms with Gasteiger partial charge in [-0.3, -0.25) is 4.79 Å². The van der Waals surface area contributed by atoms with Gasteiger partial charge in [0.25, 0.3) is 5.91 Å². The highest BCUT2D eigenvalue weighted by atomic mass is 35.5. The highest BCUT2D eigenvalue weighted by Crippen LogP contribution is 2.21. The predicted molar refractivity (Wildman–Crippen MR) is 83.2 cm³/mol. The van der Waals surface area contributed by atoms with E-state index in [2.05, 4.69) is 15.0 Å². The second-order valence-electron chi connectivity index (χ2n) is 4.64. The van der Waals surface area contributed by atoms with Crippen LogP contribution in [0.3, 0.4) is 0 Å². The number of amides is 1. The molecule has 1 N–H and O–H groups in total. The second-order valence-corrected chi connectivity index (χ2v) is 5.40. The average Bonchev–Trinajstić information content (AvgIpc) is 2.50. The minimum atomic E-state index is -2.87. The minimum Gasteiger partial charge on any atom is -0.435 e. The highest BCUT2D eigenvalue weighted by Gasteiger charge is 2.14. The van der Waals surface area contributed by atoms with Gasteiger partial charge in [0.2, 0.25) is 0 Å². The summed E-state index contributed by atoms with van der Waals surface area (Å²) in [6, 6.07) is 7.07. The molecule has 0 saturated carbocycles. The lowest BCUT2D eigenvalue weighted by molar-refractivity contribution is -0.0498. The van der Waals surface area contributed by atoms with E-state index in [9.17, 15) is 13.6 Å². The van der Waals surface area contributed by atoms with E-state index >= 15 is 0 Å². The largest absolute Gasteiger partial charge is 0.435 e. The zero-order valence-electron chi connectivity index (χ0n) is 11.9. The lowest BCUT2D eigenvalue weighted by Crippen LogP contribution is -2.26. The molecule has 1 amide bonds. The maximum absolute atomic E-state index is 12.1. The second kappa shape index (κ2) is 7.57. The first-order valence-corrected chi connectivity index (χ1v) is 7.29. The summed E-state index contributed by atoms with van der Waals surface area (Å²) in [5, 5.41) is 3.05. The van der Waals surface area contributed by atoms with Crippen LogP contribution in [0, 0.1) is 0 Å². The summed E-state index contributed by atoms with van der Waals surface area (Å²) >= 11 is 11.5. The van der Waals surface area contributed by atoms with Crippen molar-refractivity contribution in [3.8, 4) is 5.75 Å². The fraction of sp³-hybridized carbons (Fsp3) is 0.200. The van der Waals surface area contributed by atoms with Crippen molar-refractivity contribution in [1.82, 2.24) is 10.3 Å². The standard InChI is InChI=1S/C15H12Cl2F2N2O2/c1-8(9-2-4-11(5-3-9)23-15(18)19)21-14(22)10-6-12(16)13(17)20-7-10/h2-8,15H,1H3,(H,21,22). The van der Waals surface area contributed by atoms with Gasteiger partial charge in [0.15, 0.2) is 0 Å². The predicted octanol–water partition coefficient (Wildman–Crippen LogP) is 4.48. The van der Waals surface area contributed by atoms with Crippen molar-refractivity contribution in [3.05, 3.63) is 57.8 Å². The van der Waals surface area contributed by atoms with Crippen LogP contribution < -0.4 is 10.1 Å². The molecule has 0 aliphatic heterocycles. The van der Waals surface area contributed by atoms with Gasteiger partial charge >= 0.3 is 6.61 Å². The minimum absolute atomic E-state index is 0.0518. The van der Waals surface area contributed by atoms with Crippen molar-refractivity contribution < 1.29 is 18.3 Å². The first-order chi connectivity index (χ1) is 10.9. The van der Waals surface area contributed by atoms with E-state index in [1.807, 2.05) is 0 Å². The van der Waals surface area contributed by atoms with Crippen LogP contribution >= 0.6 is 23.2 Å². The Kier molecular flexibility index (Phi) is 5.74. The molecule has 0 spiro atoms. The van der Waals surface area contributed by atoms with E-state index in [0.29, 0.717) is 0 Å². The molecule has 1 atom stereocenters. The summed E-state index contributed by atoms with van der Waals surface area (Å²) in [6.07, 6.45) is 1.32. The van der Waals surface area contributed by atoms with E-state index in [0.717, 1.165) is 5.56 Å². The molecule has 0 aliphatic rings. The van der Waals surface area contributed by atoms with E-state index in [1.54, 1.807) is 19.1 Å².